The molecule has 1 aromatic heterocycles. The van der Waals surface area contributed by atoms with Crippen LogP contribution in [-0.2, 0) is 0 Å². The zero-order valence-electron chi connectivity index (χ0n) is 9.34. The molecule has 2 nitrogen and oxygen atoms in total. The highest BCUT2D eigenvalue weighted by molar-refractivity contribution is 7.09. The molecule has 1 unspecified atom stereocenters. The second kappa shape index (κ2) is 6.14. The Labute approximate surface area is 90.8 Å². The van der Waals surface area contributed by atoms with E-state index in [2.05, 4.69) is 29.5 Å². The van der Waals surface area contributed by atoms with E-state index in [4.69, 9.17) is 0 Å². The summed E-state index contributed by atoms with van der Waals surface area (Å²) in [5.74, 6) is 0. The van der Waals surface area contributed by atoms with Gasteiger partial charge in [-0.15, -0.1) is 11.3 Å². The molecule has 0 amide bonds. The van der Waals surface area contributed by atoms with Crippen LogP contribution in [0, 0.1) is 6.92 Å². The van der Waals surface area contributed by atoms with Gasteiger partial charge < -0.3 is 5.32 Å². The first-order valence-electron chi connectivity index (χ1n) is 5.37. The van der Waals surface area contributed by atoms with Crippen LogP contribution >= 0.6 is 11.3 Å². The van der Waals surface area contributed by atoms with E-state index in [1.165, 1.54) is 31.4 Å². The van der Waals surface area contributed by atoms with Crippen molar-refractivity contribution in [1.82, 2.24) is 10.3 Å². The molecule has 80 valence electrons. The lowest BCUT2D eigenvalue weighted by atomic mass is 10.1. The van der Waals surface area contributed by atoms with Crippen LogP contribution in [0.2, 0.25) is 0 Å². The Morgan fingerprint density at radius 2 is 2.29 bits per heavy atom. The molecule has 1 atom stereocenters. The molecule has 0 fully saturated rings. The highest BCUT2D eigenvalue weighted by atomic mass is 32.1. The number of aryl methyl sites for hydroxylation is 1. The van der Waals surface area contributed by atoms with Gasteiger partial charge in [-0.1, -0.05) is 26.2 Å². The molecule has 1 aromatic rings. The van der Waals surface area contributed by atoms with Crippen LogP contribution in [0.25, 0.3) is 0 Å². The van der Waals surface area contributed by atoms with E-state index < -0.39 is 0 Å². The van der Waals surface area contributed by atoms with Gasteiger partial charge in [-0.05, 0) is 20.4 Å². The van der Waals surface area contributed by atoms with Gasteiger partial charge in [-0.3, -0.25) is 0 Å². The van der Waals surface area contributed by atoms with Gasteiger partial charge in [0.15, 0.2) is 0 Å². The van der Waals surface area contributed by atoms with E-state index in [0.717, 1.165) is 5.01 Å². The molecule has 0 spiro atoms. The standard InChI is InChI=1S/C11H20N2S/c1-4-5-6-7-10(12-3)11-8-14-9(2)13-11/h8,10,12H,4-7H2,1-3H3. The average molecular weight is 212 g/mol. The van der Waals surface area contributed by atoms with Gasteiger partial charge in [0.1, 0.15) is 0 Å². The van der Waals surface area contributed by atoms with Crippen LogP contribution in [0.15, 0.2) is 5.38 Å². The molecule has 0 saturated heterocycles. The third kappa shape index (κ3) is 3.39. The van der Waals surface area contributed by atoms with E-state index in [1.807, 2.05) is 7.05 Å². The number of hydrogen-bond acceptors (Lipinski definition) is 3. The fourth-order valence-corrected chi connectivity index (χ4v) is 2.25. The Balaban J connectivity index is 2.45. The van der Waals surface area contributed by atoms with Crippen molar-refractivity contribution in [2.75, 3.05) is 7.05 Å². The van der Waals surface area contributed by atoms with Gasteiger partial charge >= 0.3 is 0 Å². The number of nitrogens with one attached hydrogen (secondary N) is 1. The Bertz CT molecular complexity index is 258. The van der Waals surface area contributed by atoms with E-state index >= 15 is 0 Å². The molecule has 0 aliphatic heterocycles. The minimum atomic E-state index is 0.450. The van der Waals surface area contributed by atoms with E-state index in [9.17, 15) is 0 Å². The number of rotatable bonds is 6. The Hall–Kier alpha value is -0.410. The summed E-state index contributed by atoms with van der Waals surface area (Å²) in [5.41, 5.74) is 1.21. The summed E-state index contributed by atoms with van der Waals surface area (Å²) in [7, 11) is 2.02. The minimum absolute atomic E-state index is 0.450. The Morgan fingerprint density at radius 1 is 1.50 bits per heavy atom. The molecule has 0 aromatic carbocycles. The molecule has 14 heavy (non-hydrogen) atoms. The zero-order valence-corrected chi connectivity index (χ0v) is 10.2. The molecule has 3 heteroatoms. The molecule has 1 heterocycles. The number of thiazole rings is 1. The van der Waals surface area contributed by atoms with Crippen LogP contribution in [0.5, 0.6) is 0 Å². The fourth-order valence-electron chi connectivity index (χ4n) is 1.58. The van der Waals surface area contributed by atoms with Crippen molar-refractivity contribution in [2.24, 2.45) is 0 Å². The maximum absolute atomic E-state index is 4.52. The summed E-state index contributed by atoms with van der Waals surface area (Å²) in [6.07, 6.45) is 5.10. The van der Waals surface area contributed by atoms with Crippen molar-refractivity contribution in [3.63, 3.8) is 0 Å². The van der Waals surface area contributed by atoms with Crippen molar-refractivity contribution in [3.05, 3.63) is 16.1 Å². The normalized spacial score (nSPS) is 13.1. The highest BCUT2D eigenvalue weighted by Gasteiger charge is 2.11. The highest BCUT2D eigenvalue weighted by Crippen LogP contribution is 2.21. The lowest BCUT2D eigenvalue weighted by molar-refractivity contribution is 0.503. The van der Waals surface area contributed by atoms with Crippen LogP contribution in [0.1, 0.15) is 49.4 Å². The maximum Gasteiger partial charge on any atom is 0.0898 e. The van der Waals surface area contributed by atoms with Crippen molar-refractivity contribution in [2.45, 2.75) is 45.6 Å². The average Bonchev–Trinajstić information content (AvgIpc) is 2.60. The summed E-state index contributed by atoms with van der Waals surface area (Å²) in [4.78, 5) is 4.52. The second-order valence-electron chi connectivity index (χ2n) is 3.63. The zero-order chi connectivity index (χ0) is 10.4. The predicted molar refractivity (Wildman–Crippen MR) is 62.8 cm³/mol. The third-order valence-electron chi connectivity index (χ3n) is 2.44. The SMILES string of the molecule is CCCCCC(NC)c1csc(C)n1. The van der Waals surface area contributed by atoms with Crippen LogP contribution in [-0.4, -0.2) is 12.0 Å². The first-order valence-corrected chi connectivity index (χ1v) is 6.25. The van der Waals surface area contributed by atoms with Crippen molar-refractivity contribution >= 4 is 11.3 Å². The van der Waals surface area contributed by atoms with E-state index in [0.29, 0.717) is 6.04 Å². The molecule has 0 aliphatic rings. The summed E-state index contributed by atoms with van der Waals surface area (Å²) in [5, 5.41) is 6.67. The summed E-state index contributed by atoms with van der Waals surface area (Å²) in [6, 6.07) is 0.450. The topological polar surface area (TPSA) is 24.9 Å². The largest absolute Gasteiger partial charge is 0.312 e. The smallest absolute Gasteiger partial charge is 0.0898 e. The maximum atomic E-state index is 4.52. The van der Waals surface area contributed by atoms with Gasteiger partial charge in [0.25, 0.3) is 0 Å². The quantitative estimate of drug-likeness (QED) is 0.732. The van der Waals surface area contributed by atoms with Crippen molar-refractivity contribution < 1.29 is 0 Å². The van der Waals surface area contributed by atoms with Gasteiger partial charge in [0.2, 0.25) is 0 Å². The first-order chi connectivity index (χ1) is 6.77. The second-order valence-corrected chi connectivity index (χ2v) is 4.69. The molecule has 0 radical (unpaired) electrons. The van der Waals surface area contributed by atoms with E-state index in [1.54, 1.807) is 11.3 Å². The lowest BCUT2D eigenvalue weighted by Gasteiger charge is -2.12. The molecule has 1 N–H and O–H groups in total. The molecule has 0 bridgehead atoms. The number of hydrogen-bond donors (Lipinski definition) is 1. The number of aromatic nitrogens is 1. The monoisotopic (exact) mass is 212 g/mol. The summed E-state index contributed by atoms with van der Waals surface area (Å²) >= 11 is 1.74. The van der Waals surface area contributed by atoms with Gasteiger partial charge in [0, 0.05) is 5.38 Å². The fraction of sp³-hybridized carbons (Fsp3) is 0.727. The van der Waals surface area contributed by atoms with E-state index in [-0.39, 0.29) is 0 Å². The third-order valence-corrected chi connectivity index (χ3v) is 3.23. The van der Waals surface area contributed by atoms with Crippen LogP contribution in [0.3, 0.4) is 0 Å². The van der Waals surface area contributed by atoms with Gasteiger partial charge in [-0.25, -0.2) is 4.98 Å². The first kappa shape index (κ1) is 11.7. The summed E-state index contributed by atoms with van der Waals surface area (Å²) < 4.78 is 0. The molecular weight excluding hydrogens is 192 g/mol. The molecule has 1 rings (SSSR count). The number of nitrogens with zero attached hydrogens (tertiary/aromatic N) is 1. The van der Waals surface area contributed by atoms with Crippen molar-refractivity contribution in [1.29, 1.82) is 0 Å². The van der Waals surface area contributed by atoms with Crippen LogP contribution in [0.4, 0.5) is 0 Å². The minimum Gasteiger partial charge on any atom is -0.312 e. The number of unbranched alkanes of at least 4 members (excludes halogenated alkanes) is 2. The van der Waals surface area contributed by atoms with Crippen LogP contribution < -0.4 is 5.32 Å². The molecule has 0 saturated carbocycles. The molecular formula is C11H20N2S. The van der Waals surface area contributed by atoms with Gasteiger partial charge in [0.05, 0.1) is 16.7 Å². The Morgan fingerprint density at radius 3 is 2.79 bits per heavy atom. The molecule has 0 aliphatic carbocycles. The lowest BCUT2D eigenvalue weighted by Crippen LogP contribution is -2.16. The van der Waals surface area contributed by atoms with Gasteiger partial charge in [-0.2, -0.15) is 0 Å². The van der Waals surface area contributed by atoms with Crippen molar-refractivity contribution in [3.8, 4) is 0 Å². The predicted octanol–water partition coefficient (Wildman–Crippen LogP) is 3.29. The summed E-state index contributed by atoms with van der Waals surface area (Å²) in [6.45, 7) is 4.30. The Kier molecular flexibility index (Phi) is 5.12.